The molecule has 2 rings (SSSR count). The van der Waals surface area contributed by atoms with Crippen molar-refractivity contribution in [1.82, 2.24) is 5.32 Å². The molecule has 0 amide bonds. The molecule has 0 aromatic heterocycles. The highest BCUT2D eigenvalue weighted by Crippen LogP contribution is 2.30. The van der Waals surface area contributed by atoms with Crippen LogP contribution >= 0.6 is 24.0 Å². The summed E-state index contributed by atoms with van der Waals surface area (Å²) in [6.07, 6.45) is -0.128. The molecule has 2 aromatic rings. The molecule has 0 spiro atoms. The molecular weight excluding hydrogens is 485 g/mol. The zero-order valence-electron chi connectivity index (χ0n) is 17.5. The predicted molar refractivity (Wildman–Crippen MR) is 128 cm³/mol. The van der Waals surface area contributed by atoms with Gasteiger partial charge in [0, 0.05) is 18.3 Å². The van der Waals surface area contributed by atoms with E-state index in [1.807, 2.05) is 56.3 Å². The number of ether oxygens (including phenoxy) is 4. The minimum atomic E-state index is -0.128. The highest BCUT2D eigenvalue weighted by atomic mass is 127. The standard InChI is InChI=1S/C21H29N3O4.HI/c1-6-22-21(24-16-11-12-18(26-4)20(13-16)27-5)23-14-15(2)28-19-10-8-7-9-17(19)25-3;/h7-13,15H,6,14H2,1-5H3,(H2,22,23,24);1H. The Bertz CT molecular complexity index is 786. The fourth-order valence-corrected chi connectivity index (χ4v) is 2.55. The molecule has 0 radical (unpaired) electrons. The van der Waals surface area contributed by atoms with Crippen LogP contribution in [-0.2, 0) is 0 Å². The Balaban J connectivity index is 0.00000420. The Morgan fingerprint density at radius 2 is 1.55 bits per heavy atom. The van der Waals surface area contributed by atoms with E-state index in [9.17, 15) is 0 Å². The summed E-state index contributed by atoms with van der Waals surface area (Å²) in [7, 11) is 4.85. The summed E-state index contributed by atoms with van der Waals surface area (Å²) in [6, 6.07) is 13.2. The number of anilines is 1. The molecular formula is C21H30IN3O4. The molecule has 2 N–H and O–H groups in total. The van der Waals surface area contributed by atoms with Gasteiger partial charge in [0.05, 0.1) is 27.9 Å². The maximum atomic E-state index is 5.96. The Morgan fingerprint density at radius 1 is 0.931 bits per heavy atom. The molecule has 0 heterocycles. The van der Waals surface area contributed by atoms with Crippen molar-refractivity contribution in [2.45, 2.75) is 20.0 Å². The Morgan fingerprint density at radius 3 is 2.17 bits per heavy atom. The van der Waals surface area contributed by atoms with Gasteiger partial charge in [-0.15, -0.1) is 24.0 Å². The number of methoxy groups -OCH3 is 3. The second-order valence-electron chi connectivity index (χ2n) is 5.99. The number of aliphatic imine (C=N–C) groups is 1. The summed E-state index contributed by atoms with van der Waals surface area (Å²) in [5.41, 5.74) is 0.843. The number of halogens is 1. The van der Waals surface area contributed by atoms with E-state index in [-0.39, 0.29) is 30.1 Å². The number of nitrogens with zero attached hydrogens (tertiary/aromatic N) is 1. The van der Waals surface area contributed by atoms with Crippen LogP contribution in [0.2, 0.25) is 0 Å². The van der Waals surface area contributed by atoms with Gasteiger partial charge < -0.3 is 29.6 Å². The minimum absolute atomic E-state index is 0. The Kier molecular flexibility index (Phi) is 11.0. The van der Waals surface area contributed by atoms with Crippen molar-refractivity contribution in [3.05, 3.63) is 42.5 Å². The lowest BCUT2D eigenvalue weighted by atomic mass is 10.2. The Hall–Kier alpha value is -2.36. The first-order valence-electron chi connectivity index (χ1n) is 9.18. The van der Waals surface area contributed by atoms with Gasteiger partial charge in [-0.3, -0.25) is 0 Å². The maximum absolute atomic E-state index is 5.96. The second-order valence-corrected chi connectivity index (χ2v) is 5.99. The minimum Gasteiger partial charge on any atom is -0.493 e. The van der Waals surface area contributed by atoms with E-state index in [0.717, 1.165) is 12.2 Å². The van der Waals surface area contributed by atoms with E-state index in [2.05, 4.69) is 15.6 Å². The first-order chi connectivity index (χ1) is 13.6. The van der Waals surface area contributed by atoms with Crippen LogP contribution in [0, 0.1) is 0 Å². The van der Waals surface area contributed by atoms with Crippen molar-refractivity contribution in [1.29, 1.82) is 0 Å². The third-order valence-corrected chi connectivity index (χ3v) is 3.89. The van der Waals surface area contributed by atoms with Crippen molar-refractivity contribution < 1.29 is 18.9 Å². The highest BCUT2D eigenvalue weighted by molar-refractivity contribution is 14.0. The lowest BCUT2D eigenvalue weighted by molar-refractivity contribution is 0.219. The van der Waals surface area contributed by atoms with Gasteiger partial charge in [-0.05, 0) is 38.1 Å². The topological polar surface area (TPSA) is 73.3 Å². The normalized spacial score (nSPS) is 11.7. The average Bonchev–Trinajstić information content (AvgIpc) is 2.72. The summed E-state index contributed by atoms with van der Waals surface area (Å²) in [5.74, 6) is 3.38. The largest absolute Gasteiger partial charge is 0.493 e. The molecule has 8 heteroatoms. The monoisotopic (exact) mass is 515 g/mol. The van der Waals surface area contributed by atoms with Crippen LogP contribution in [0.5, 0.6) is 23.0 Å². The fourth-order valence-electron chi connectivity index (χ4n) is 2.55. The third kappa shape index (κ3) is 7.52. The summed E-state index contributed by atoms with van der Waals surface area (Å²) >= 11 is 0. The molecule has 1 unspecified atom stereocenters. The number of hydrogen-bond acceptors (Lipinski definition) is 5. The molecule has 29 heavy (non-hydrogen) atoms. The van der Waals surface area contributed by atoms with Crippen LogP contribution in [0.1, 0.15) is 13.8 Å². The van der Waals surface area contributed by atoms with Crippen molar-refractivity contribution >= 4 is 35.6 Å². The first-order valence-corrected chi connectivity index (χ1v) is 9.18. The van der Waals surface area contributed by atoms with Gasteiger partial charge in [-0.1, -0.05) is 12.1 Å². The number of nitrogens with one attached hydrogen (secondary N) is 2. The molecule has 7 nitrogen and oxygen atoms in total. The van der Waals surface area contributed by atoms with Gasteiger partial charge in [0.25, 0.3) is 0 Å². The molecule has 0 aliphatic carbocycles. The van der Waals surface area contributed by atoms with Gasteiger partial charge in [-0.25, -0.2) is 4.99 Å². The van der Waals surface area contributed by atoms with Crippen LogP contribution in [0.25, 0.3) is 0 Å². The van der Waals surface area contributed by atoms with Crippen LogP contribution in [0.3, 0.4) is 0 Å². The third-order valence-electron chi connectivity index (χ3n) is 3.89. The van der Waals surface area contributed by atoms with Gasteiger partial charge in [0.1, 0.15) is 6.10 Å². The molecule has 1 atom stereocenters. The zero-order chi connectivity index (χ0) is 20.4. The predicted octanol–water partition coefficient (Wildman–Crippen LogP) is 4.18. The molecule has 0 saturated heterocycles. The summed E-state index contributed by atoms with van der Waals surface area (Å²) in [5, 5.41) is 6.50. The van der Waals surface area contributed by atoms with Gasteiger partial charge in [-0.2, -0.15) is 0 Å². The molecule has 0 bridgehead atoms. The maximum Gasteiger partial charge on any atom is 0.195 e. The Labute approximate surface area is 189 Å². The van der Waals surface area contributed by atoms with E-state index in [1.165, 1.54) is 0 Å². The molecule has 0 saturated carbocycles. The number of guanidine groups is 1. The van der Waals surface area contributed by atoms with E-state index in [4.69, 9.17) is 18.9 Å². The number of hydrogen-bond donors (Lipinski definition) is 2. The summed E-state index contributed by atoms with van der Waals surface area (Å²) in [6.45, 7) is 5.19. The van der Waals surface area contributed by atoms with Gasteiger partial charge >= 0.3 is 0 Å². The van der Waals surface area contributed by atoms with Crippen molar-refractivity contribution in [2.75, 3.05) is 39.7 Å². The molecule has 0 aliphatic heterocycles. The van der Waals surface area contributed by atoms with Crippen LogP contribution < -0.4 is 29.6 Å². The SMILES string of the molecule is CCNC(=NCC(C)Oc1ccccc1OC)Nc1ccc(OC)c(OC)c1.I. The molecule has 0 fully saturated rings. The van der Waals surface area contributed by atoms with Crippen LogP contribution in [0.15, 0.2) is 47.5 Å². The lowest BCUT2D eigenvalue weighted by Gasteiger charge is -2.17. The van der Waals surface area contributed by atoms with E-state index in [0.29, 0.717) is 35.5 Å². The molecule has 0 aliphatic rings. The molecule has 2 aromatic carbocycles. The summed E-state index contributed by atoms with van der Waals surface area (Å²) < 4.78 is 21.9. The van der Waals surface area contributed by atoms with E-state index < -0.39 is 0 Å². The van der Waals surface area contributed by atoms with Gasteiger partial charge in [0.2, 0.25) is 0 Å². The van der Waals surface area contributed by atoms with Crippen molar-refractivity contribution in [3.8, 4) is 23.0 Å². The van der Waals surface area contributed by atoms with Crippen LogP contribution in [0.4, 0.5) is 5.69 Å². The number of para-hydroxylation sites is 2. The second kappa shape index (κ2) is 13.0. The highest BCUT2D eigenvalue weighted by Gasteiger charge is 2.10. The quantitative estimate of drug-likeness (QED) is 0.297. The van der Waals surface area contributed by atoms with Gasteiger partial charge in [0.15, 0.2) is 29.0 Å². The first kappa shape index (κ1) is 24.7. The summed E-state index contributed by atoms with van der Waals surface area (Å²) in [4.78, 5) is 4.61. The average molecular weight is 515 g/mol. The number of rotatable bonds is 9. The van der Waals surface area contributed by atoms with E-state index in [1.54, 1.807) is 21.3 Å². The smallest absolute Gasteiger partial charge is 0.195 e. The lowest BCUT2D eigenvalue weighted by Crippen LogP contribution is -2.32. The van der Waals surface area contributed by atoms with Crippen LogP contribution in [-0.4, -0.2) is 46.5 Å². The van der Waals surface area contributed by atoms with Crippen molar-refractivity contribution in [3.63, 3.8) is 0 Å². The fraction of sp³-hybridized carbons (Fsp3) is 0.381. The van der Waals surface area contributed by atoms with Crippen molar-refractivity contribution in [2.24, 2.45) is 4.99 Å². The van der Waals surface area contributed by atoms with E-state index >= 15 is 0 Å². The molecule has 160 valence electrons. The number of benzene rings is 2. The zero-order valence-corrected chi connectivity index (χ0v) is 19.9.